The minimum absolute atomic E-state index is 0.0519. The number of nitrogen functional groups attached to an aromatic ring is 1. The van der Waals surface area contributed by atoms with Crippen LogP contribution in [0.4, 0.5) is 14.5 Å². The maximum Gasteiger partial charge on any atom is 0.359 e. The fraction of sp³-hybridized carbons (Fsp3) is 0.167. The number of carbonyl (C=O) groups is 1. The number of ether oxygens (including phenoxy) is 1. The first kappa shape index (κ1) is 13.0. The summed E-state index contributed by atoms with van der Waals surface area (Å²) < 4.78 is 29.6. The van der Waals surface area contributed by atoms with Crippen molar-refractivity contribution in [1.29, 1.82) is 0 Å². The Labute approximate surface area is 107 Å². The molecule has 0 aliphatic heterocycles. The number of halogens is 2. The molecule has 0 aliphatic rings. The summed E-state index contributed by atoms with van der Waals surface area (Å²) in [6.07, 6.45) is -1.19. The molecular weight excluding hydrogens is 256 g/mol. The molecule has 5 nitrogen and oxygen atoms in total. The van der Waals surface area contributed by atoms with E-state index >= 15 is 0 Å². The molecule has 2 aromatic rings. The molecule has 1 aromatic heterocycles. The van der Waals surface area contributed by atoms with Gasteiger partial charge in [-0.3, -0.25) is 0 Å². The molecule has 0 bridgehead atoms. The number of anilines is 1. The second-order valence-corrected chi connectivity index (χ2v) is 3.69. The predicted octanol–water partition coefficient (Wildman–Crippen LogP) is 1.88. The molecule has 100 valence electrons. The number of nitrogens with zero attached hydrogens (tertiary/aromatic N) is 2. The zero-order valence-electron chi connectivity index (χ0n) is 9.79. The highest BCUT2D eigenvalue weighted by atomic mass is 19.3. The van der Waals surface area contributed by atoms with E-state index in [9.17, 15) is 13.6 Å². The molecule has 19 heavy (non-hydrogen) atoms. The first-order chi connectivity index (χ1) is 9.08. The fourth-order valence-electron chi connectivity index (χ4n) is 1.48. The van der Waals surface area contributed by atoms with E-state index in [1.54, 1.807) is 24.3 Å². The molecule has 2 N–H and O–H groups in total. The Morgan fingerprint density at radius 2 is 2.11 bits per heavy atom. The predicted molar refractivity (Wildman–Crippen MR) is 64.3 cm³/mol. The minimum atomic E-state index is -2.70. The van der Waals surface area contributed by atoms with Crippen LogP contribution < -0.4 is 5.73 Å². The van der Waals surface area contributed by atoms with Crippen LogP contribution in [0.2, 0.25) is 0 Å². The molecule has 0 atom stereocenters. The van der Waals surface area contributed by atoms with Crippen molar-refractivity contribution in [1.82, 2.24) is 9.78 Å². The molecular formula is C12H11F2N3O2. The molecule has 2 rings (SSSR count). The summed E-state index contributed by atoms with van der Waals surface area (Å²) in [5, 5.41) is 3.94. The van der Waals surface area contributed by atoms with Crippen LogP contribution in [0.25, 0.3) is 5.69 Å². The molecule has 0 radical (unpaired) electrons. The number of hydrogen-bond acceptors (Lipinski definition) is 4. The normalized spacial score (nSPS) is 10.7. The van der Waals surface area contributed by atoms with Gasteiger partial charge >= 0.3 is 5.97 Å². The van der Waals surface area contributed by atoms with Gasteiger partial charge in [0.05, 0.1) is 11.4 Å². The molecule has 0 spiro atoms. The molecule has 0 saturated heterocycles. The Bertz CT molecular complexity index is 584. The van der Waals surface area contributed by atoms with Crippen molar-refractivity contribution in [3.8, 4) is 5.69 Å². The summed E-state index contributed by atoms with van der Waals surface area (Å²) in [4.78, 5) is 11.4. The number of hydrogen-bond donors (Lipinski definition) is 1. The van der Waals surface area contributed by atoms with Crippen molar-refractivity contribution in [2.24, 2.45) is 0 Å². The summed E-state index contributed by atoms with van der Waals surface area (Å²) in [6.45, 7) is -0.945. The van der Waals surface area contributed by atoms with Gasteiger partial charge in [0.1, 0.15) is 0 Å². The number of carbonyl (C=O) groups excluding carboxylic acids is 1. The van der Waals surface area contributed by atoms with E-state index in [0.29, 0.717) is 11.4 Å². The molecule has 1 heterocycles. The van der Waals surface area contributed by atoms with E-state index in [-0.39, 0.29) is 5.69 Å². The average Bonchev–Trinajstić information content (AvgIpc) is 2.86. The minimum Gasteiger partial charge on any atom is -0.455 e. The van der Waals surface area contributed by atoms with Crippen molar-refractivity contribution < 1.29 is 18.3 Å². The van der Waals surface area contributed by atoms with Crippen molar-refractivity contribution in [3.05, 3.63) is 42.2 Å². The first-order valence-electron chi connectivity index (χ1n) is 5.44. The zero-order chi connectivity index (χ0) is 13.8. The van der Waals surface area contributed by atoms with Crippen LogP contribution in [0.5, 0.6) is 0 Å². The van der Waals surface area contributed by atoms with Gasteiger partial charge in [-0.25, -0.2) is 18.3 Å². The third-order valence-corrected chi connectivity index (χ3v) is 2.32. The Morgan fingerprint density at radius 1 is 1.37 bits per heavy atom. The van der Waals surface area contributed by atoms with Crippen LogP contribution in [-0.2, 0) is 4.74 Å². The lowest BCUT2D eigenvalue weighted by Crippen LogP contribution is -2.12. The lowest BCUT2D eigenvalue weighted by Gasteiger charge is -2.04. The van der Waals surface area contributed by atoms with Gasteiger partial charge in [-0.1, -0.05) is 12.1 Å². The number of esters is 1. The first-order valence-corrected chi connectivity index (χ1v) is 5.44. The molecule has 0 amide bonds. The van der Waals surface area contributed by atoms with E-state index in [4.69, 9.17) is 5.73 Å². The molecule has 0 fully saturated rings. The van der Waals surface area contributed by atoms with Crippen LogP contribution >= 0.6 is 0 Å². The number of alkyl halides is 2. The highest BCUT2D eigenvalue weighted by Gasteiger charge is 2.14. The van der Waals surface area contributed by atoms with Crippen LogP contribution in [0.3, 0.4) is 0 Å². The molecule has 7 heteroatoms. The lowest BCUT2D eigenvalue weighted by molar-refractivity contribution is 0.0154. The van der Waals surface area contributed by atoms with Gasteiger partial charge in [-0.15, -0.1) is 0 Å². The average molecular weight is 267 g/mol. The highest BCUT2D eigenvalue weighted by Crippen LogP contribution is 2.15. The summed E-state index contributed by atoms with van der Waals surface area (Å²) in [7, 11) is 0. The van der Waals surface area contributed by atoms with Gasteiger partial charge < -0.3 is 10.5 Å². The van der Waals surface area contributed by atoms with Gasteiger partial charge in [0, 0.05) is 6.20 Å². The summed E-state index contributed by atoms with van der Waals surface area (Å²) in [5.41, 5.74) is 6.79. The summed E-state index contributed by atoms with van der Waals surface area (Å²) in [6, 6.07) is 8.31. The Morgan fingerprint density at radius 3 is 2.79 bits per heavy atom. The van der Waals surface area contributed by atoms with Crippen molar-refractivity contribution in [3.63, 3.8) is 0 Å². The van der Waals surface area contributed by atoms with Gasteiger partial charge in [-0.2, -0.15) is 5.10 Å². The number of aromatic nitrogens is 2. The number of benzene rings is 1. The largest absolute Gasteiger partial charge is 0.455 e. The maximum atomic E-state index is 11.9. The van der Waals surface area contributed by atoms with Gasteiger partial charge in [-0.05, 0) is 18.2 Å². The van der Waals surface area contributed by atoms with Crippen LogP contribution in [-0.4, -0.2) is 28.8 Å². The fourth-order valence-corrected chi connectivity index (χ4v) is 1.48. The van der Waals surface area contributed by atoms with E-state index in [1.165, 1.54) is 16.9 Å². The topological polar surface area (TPSA) is 70.1 Å². The molecule has 0 aliphatic carbocycles. The summed E-state index contributed by atoms with van der Waals surface area (Å²) in [5.74, 6) is -0.895. The van der Waals surface area contributed by atoms with Crippen LogP contribution in [0, 0.1) is 0 Å². The van der Waals surface area contributed by atoms with Crippen LogP contribution in [0.1, 0.15) is 10.5 Å². The standard InChI is InChI=1S/C12H11F2N3O2/c13-11(14)7-19-12(18)9-5-6-17(16-9)10-4-2-1-3-8(10)15/h1-6,11H,7,15H2. The highest BCUT2D eigenvalue weighted by molar-refractivity contribution is 5.87. The molecule has 1 aromatic carbocycles. The smallest absolute Gasteiger partial charge is 0.359 e. The van der Waals surface area contributed by atoms with Gasteiger partial charge in [0.15, 0.2) is 12.3 Å². The Kier molecular flexibility index (Phi) is 3.74. The second-order valence-electron chi connectivity index (χ2n) is 3.69. The van der Waals surface area contributed by atoms with E-state index in [0.717, 1.165) is 0 Å². The SMILES string of the molecule is Nc1ccccc1-n1ccc(C(=O)OCC(F)F)n1. The monoisotopic (exact) mass is 267 g/mol. The maximum absolute atomic E-state index is 11.9. The quantitative estimate of drug-likeness (QED) is 0.678. The van der Waals surface area contributed by atoms with Crippen molar-refractivity contribution in [2.75, 3.05) is 12.3 Å². The number of rotatable bonds is 4. The molecule has 0 saturated carbocycles. The van der Waals surface area contributed by atoms with Gasteiger partial charge in [0.25, 0.3) is 6.43 Å². The third kappa shape index (κ3) is 3.06. The Balaban J connectivity index is 2.15. The van der Waals surface area contributed by atoms with Gasteiger partial charge in [0.2, 0.25) is 0 Å². The third-order valence-electron chi connectivity index (χ3n) is 2.32. The van der Waals surface area contributed by atoms with Crippen LogP contribution in [0.15, 0.2) is 36.5 Å². The van der Waals surface area contributed by atoms with E-state index < -0.39 is 19.0 Å². The van der Waals surface area contributed by atoms with E-state index in [1.807, 2.05) is 0 Å². The second kappa shape index (κ2) is 5.47. The number of nitrogens with two attached hydrogens (primary N) is 1. The Hall–Kier alpha value is -2.44. The number of para-hydroxylation sites is 2. The van der Waals surface area contributed by atoms with E-state index in [2.05, 4.69) is 9.84 Å². The lowest BCUT2D eigenvalue weighted by atomic mass is 10.3. The summed E-state index contributed by atoms with van der Waals surface area (Å²) >= 11 is 0. The van der Waals surface area contributed by atoms with Crippen molar-refractivity contribution in [2.45, 2.75) is 6.43 Å². The zero-order valence-corrected chi connectivity index (χ0v) is 9.79. The molecule has 0 unspecified atom stereocenters. The van der Waals surface area contributed by atoms with Crippen molar-refractivity contribution >= 4 is 11.7 Å².